The molecule has 1 N–H and O–H groups in total. The smallest absolute Gasteiger partial charge is 0.338 e. The number of hydrogen-bond donors (Lipinski definition) is 1. The number of fused-ring (bicyclic) bond motifs is 1. The zero-order valence-corrected chi connectivity index (χ0v) is 21.0. The van der Waals surface area contributed by atoms with Crippen LogP contribution < -0.4 is 4.90 Å². The SMILES string of the molecule is CCOC(=O)c1ccc(Cn2ccc3c(N4CCC5(CC4)CN(CC(C)(C)O)C5)ccnc32)cc1. The van der Waals surface area contributed by atoms with Gasteiger partial charge < -0.3 is 19.3 Å². The summed E-state index contributed by atoms with van der Waals surface area (Å²) in [6.45, 7) is 11.7. The Hall–Kier alpha value is -2.90. The molecular weight excluding hydrogens is 440 g/mol. The van der Waals surface area contributed by atoms with E-state index in [9.17, 15) is 9.90 Å². The molecule has 3 aromatic rings. The van der Waals surface area contributed by atoms with Crippen molar-refractivity contribution in [1.82, 2.24) is 14.5 Å². The van der Waals surface area contributed by atoms with E-state index in [1.807, 2.05) is 51.2 Å². The zero-order chi connectivity index (χ0) is 24.6. The number of pyridine rings is 1. The second-order valence-electron chi connectivity index (χ2n) is 10.9. The van der Waals surface area contributed by atoms with Crippen LogP contribution in [0.2, 0.25) is 0 Å². The van der Waals surface area contributed by atoms with Crippen molar-refractivity contribution >= 4 is 22.7 Å². The van der Waals surface area contributed by atoms with Gasteiger partial charge in [0.25, 0.3) is 0 Å². The maximum absolute atomic E-state index is 11.9. The Balaban J connectivity index is 1.25. The van der Waals surface area contributed by atoms with Gasteiger partial charge in [0.05, 0.1) is 17.8 Å². The number of likely N-dealkylation sites (tertiary alicyclic amines) is 1. The van der Waals surface area contributed by atoms with E-state index in [0.717, 1.165) is 43.9 Å². The molecule has 4 heterocycles. The van der Waals surface area contributed by atoms with Crippen molar-refractivity contribution < 1.29 is 14.6 Å². The molecule has 1 spiro atoms. The van der Waals surface area contributed by atoms with Crippen molar-refractivity contribution in [3.05, 3.63) is 59.9 Å². The molecule has 0 radical (unpaired) electrons. The number of anilines is 1. The molecule has 186 valence electrons. The molecular formula is C28H36N4O3. The van der Waals surface area contributed by atoms with Crippen molar-refractivity contribution in [1.29, 1.82) is 0 Å². The fraction of sp³-hybridized carbons (Fsp3) is 0.500. The molecule has 2 aromatic heterocycles. The van der Waals surface area contributed by atoms with Gasteiger partial charge in [-0.2, -0.15) is 0 Å². The van der Waals surface area contributed by atoms with E-state index >= 15 is 0 Å². The molecule has 7 nitrogen and oxygen atoms in total. The molecule has 0 atom stereocenters. The van der Waals surface area contributed by atoms with Crippen LogP contribution in [-0.2, 0) is 11.3 Å². The summed E-state index contributed by atoms with van der Waals surface area (Å²) in [6, 6.07) is 11.9. The number of ether oxygens (including phenoxy) is 1. The third-order valence-corrected chi connectivity index (χ3v) is 7.35. The monoisotopic (exact) mass is 476 g/mol. The van der Waals surface area contributed by atoms with Crippen LogP contribution in [0.15, 0.2) is 48.8 Å². The average molecular weight is 477 g/mol. The summed E-state index contributed by atoms with van der Waals surface area (Å²) in [5, 5.41) is 11.3. The minimum absolute atomic E-state index is 0.285. The maximum atomic E-state index is 11.9. The Kier molecular flexibility index (Phi) is 6.32. The lowest BCUT2D eigenvalue weighted by Gasteiger charge is -2.55. The second kappa shape index (κ2) is 9.28. The number of benzene rings is 1. The minimum atomic E-state index is -0.624. The van der Waals surface area contributed by atoms with Crippen LogP contribution in [0.3, 0.4) is 0 Å². The number of nitrogens with zero attached hydrogens (tertiary/aromatic N) is 4. The van der Waals surface area contributed by atoms with Gasteiger partial charge in [0.1, 0.15) is 5.65 Å². The summed E-state index contributed by atoms with van der Waals surface area (Å²) in [5.74, 6) is -0.285. The summed E-state index contributed by atoms with van der Waals surface area (Å²) in [7, 11) is 0. The Bertz CT molecular complexity index is 1180. The summed E-state index contributed by atoms with van der Waals surface area (Å²) in [5.41, 5.74) is 3.72. The van der Waals surface area contributed by atoms with Crippen molar-refractivity contribution in [2.24, 2.45) is 5.41 Å². The van der Waals surface area contributed by atoms with Gasteiger partial charge in [0.15, 0.2) is 0 Å². The quantitative estimate of drug-likeness (QED) is 0.521. The van der Waals surface area contributed by atoms with Gasteiger partial charge in [-0.15, -0.1) is 0 Å². The van der Waals surface area contributed by atoms with Crippen molar-refractivity contribution in [3.63, 3.8) is 0 Å². The highest BCUT2D eigenvalue weighted by Gasteiger charge is 2.45. The first-order valence-corrected chi connectivity index (χ1v) is 12.6. The molecule has 2 fully saturated rings. The maximum Gasteiger partial charge on any atom is 0.338 e. The molecule has 0 aliphatic carbocycles. The Labute approximate surface area is 207 Å². The van der Waals surface area contributed by atoms with Gasteiger partial charge in [-0.05, 0) is 68.9 Å². The van der Waals surface area contributed by atoms with Gasteiger partial charge >= 0.3 is 5.97 Å². The lowest BCUT2D eigenvalue weighted by molar-refractivity contribution is -0.0642. The fourth-order valence-electron chi connectivity index (χ4n) is 5.74. The minimum Gasteiger partial charge on any atom is -0.462 e. The summed E-state index contributed by atoms with van der Waals surface area (Å²) < 4.78 is 7.25. The summed E-state index contributed by atoms with van der Waals surface area (Å²) in [6.07, 6.45) is 6.39. The van der Waals surface area contributed by atoms with Crippen LogP contribution in [0.1, 0.15) is 49.5 Å². The average Bonchev–Trinajstić information content (AvgIpc) is 3.21. The molecule has 0 amide bonds. The second-order valence-corrected chi connectivity index (χ2v) is 10.9. The Morgan fingerprint density at radius 2 is 1.83 bits per heavy atom. The third kappa shape index (κ3) is 5.07. The number of rotatable bonds is 7. The van der Waals surface area contributed by atoms with Crippen LogP contribution in [0.4, 0.5) is 5.69 Å². The van der Waals surface area contributed by atoms with E-state index in [4.69, 9.17) is 9.72 Å². The number of aliphatic hydroxyl groups is 1. The third-order valence-electron chi connectivity index (χ3n) is 7.35. The molecule has 5 rings (SSSR count). The predicted octanol–water partition coefficient (Wildman–Crippen LogP) is 3.93. The first kappa shape index (κ1) is 23.8. The van der Waals surface area contributed by atoms with Crippen LogP contribution in [-0.4, -0.2) is 70.5 Å². The molecule has 2 aliphatic rings. The van der Waals surface area contributed by atoms with Crippen LogP contribution in [0, 0.1) is 5.41 Å². The standard InChI is InChI=1S/C28H36N4O3/c1-4-35-26(33)22-7-5-21(6-8-22)17-32-14-10-23-24(9-13-29-25(23)32)31-15-11-28(12-16-31)19-30(20-28)18-27(2,3)34/h5-10,13-14,34H,4,11-12,15-20H2,1-3H3. The molecule has 7 heteroatoms. The number of β-amino-alcohol motifs (C(OH)–C–C–N with tert-alkyl or cyclic N) is 1. The fourth-order valence-corrected chi connectivity index (χ4v) is 5.74. The van der Waals surface area contributed by atoms with E-state index in [1.165, 1.54) is 23.9 Å². The largest absolute Gasteiger partial charge is 0.462 e. The van der Waals surface area contributed by atoms with Crippen LogP contribution in [0.5, 0.6) is 0 Å². The molecule has 1 aromatic carbocycles. The van der Waals surface area contributed by atoms with Gasteiger partial charge in [0, 0.05) is 62.7 Å². The Morgan fingerprint density at radius 3 is 2.49 bits per heavy atom. The first-order valence-electron chi connectivity index (χ1n) is 12.6. The first-order chi connectivity index (χ1) is 16.8. The number of hydrogen-bond acceptors (Lipinski definition) is 6. The van der Waals surface area contributed by atoms with Crippen LogP contribution in [0.25, 0.3) is 11.0 Å². The highest BCUT2D eigenvalue weighted by atomic mass is 16.5. The van der Waals surface area contributed by atoms with E-state index in [2.05, 4.69) is 32.7 Å². The highest BCUT2D eigenvalue weighted by Crippen LogP contribution is 2.42. The van der Waals surface area contributed by atoms with Gasteiger partial charge in [-0.3, -0.25) is 4.90 Å². The Morgan fingerprint density at radius 1 is 1.11 bits per heavy atom. The van der Waals surface area contributed by atoms with Gasteiger partial charge in [0.2, 0.25) is 0 Å². The molecule has 0 saturated carbocycles. The lowest BCUT2D eigenvalue weighted by Crippen LogP contribution is -2.62. The molecule has 0 bridgehead atoms. The van der Waals surface area contributed by atoms with Crippen LogP contribution >= 0.6 is 0 Å². The van der Waals surface area contributed by atoms with E-state index in [1.54, 1.807) is 0 Å². The van der Waals surface area contributed by atoms with E-state index in [0.29, 0.717) is 24.1 Å². The zero-order valence-electron chi connectivity index (χ0n) is 21.0. The lowest BCUT2D eigenvalue weighted by atomic mass is 9.71. The van der Waals surface area contributed by atoms with E-state index < -0.39 is 5.60 Å². The molecule has 0 unspecified atom stereocenters. The summed E-state index contributed by atoms with van der Waals surface area (Å²) in [4.78, 5) is 21.5. The van der Waals surface area contributed by atoms with Gasteiger partial charge in [-0.25, -0.2) is 9.78 Å². The molecule has 2 aliphatic heterocycles. The summed E-state index contributed by atoms with van der Waals surface area (Å²) >= 11 is 0. The topological polar surface area (TPSA) is 70.8 Å². The highest BCUT2D eigenvalue weighted by molar-refractivity contribution is 5.90. The number of esters is 1. The van der Waals surface area contributed by atoms with E-state index in [-0.39, 0.29) is 5.97 Å². The molecule has 35 heavy (non-hydrogen) atoms. The predicted molar refractivity (Wildman–Crippen MR) is 138 cm³/mol. The number of carbonyl (C=O) groups excluding carboxylic acids is 1. The number of carbonyl (C=O) groups is 1. The number of aromatic nitrogens is 2. The molecule has 2 saturated heterocycles. The van der Waals surface area contributed by atoms with Crippen molar-refractivity contribution in [2.75, 3.05) is 44.2 Å². The van der Waals surface area contributed by atoms with Gasteiger partial charge in [-0.1, -0.05) is 12.1 Å². The normalized spacial score (nSPS) is 18.1. The van der Waals surface area contributed by atoms with Crippen molar-refractivity contribution in [3.8, 4) is 0 Å². The number of piperidine rings is 1. The van der Waals surface area contributed by atoms with Crippen molar-refractivity contribution in [2.45, 2.75) is 45.8 Å².